The van der Waals surface area contributed by atoms with E-state index in [0.717, 1.165) is 17.9 Å². The van der Waals surface area contributed by atoms with Gasteiger partial charge in [0, 0.05) is 13.0 Å². The molecule has 30 heavy (non-hydrogen) atoms. The Hall–Kier alpha value is -2.41. The summed E-state index contributed by atoms with van der Waals surface area (Å²) in [6, 6.07) is 8.87. The molecule has 0 unspecified atom stereocenters. The number of carbonyl (C=O) groups excluding carboxylic acids is 3. The van der Waals surface area contributed by atoms with Gasteiger partial charge < -0.3 is 10.2 Å². The maximum atomic E-state index is 12.8. The molecule has 7 heteroatoms. The summed E-state index contributed by atoms with van der Waals surface area (Å²) in [5.41, 5.74) is 0.992. The van der Waals surface area contributed by atoms with Gasteiger partial charge in [-0.2, -0.15) is 5.06 Å². The number of hydrogen-bond acceptors (Lipinski definition) is 4. The lowest BCUT2D eigenvalue weighted by Gasteiger charge is -2.32. The van der Waals surface area contributed by atoms with Crippen LogP contribution in [0, 0.1) is 11.8 Å². The first-order chi connectivity index (χ1) is 14.5. The number of rotatable bonds is 9. The summed E-state index contributed by atoms with van der Waals surface area (Å²) in [6.45, 7) is 3.10. The number of hydrogen-bond donors (Lipinski definition) is 1. The molecule has 2 atom stereocenters. The summed E-state index contributed by atoms with van der Waals surface area (Å²) in [7, 11) is 0. The zero-order valence-corrected chi connectivity index (χ0v) is 17.6. The van der Waals surface area contributed by atoms with E-state index in [4.69, 9.17) is 4.84 Å². The Morgan fingerprint density at radius 1 is 1.17 bits per heavy atom. The summed E-state index contributed by atoms with van der Waals surface area (Å²) in [4.78, 5) is 44.9. The van der Waals surface area contributed by atoms with Crippen LogP contribution in [0.15, 0.2) is 30.3 Å². The normalized spacial score (nSPS) is 27.7. The standard InChI is InChI=1S/C23H31N3O4/c1-16-11-18(12-16)7-9-20(27)13-24-22(28)21-10-8-19-14-25(21)23(29)26(19)30-15-17-5-3-2-4-6-17/h2-6,16,18-19,21H,7-15H2,1H3,(H,24,28)/t16?,18?,19-,21+/m1/s1. The molecular weight excluding hydrogens is 382 g/mol. The molecule has 3 fully saturated rings. The summed E-state index contributed by atoms with van der Waals surface area (Å²) in [5, 5.41) is 4.18. The number of fused-ring (bicyclic) bond motifs is 2. The van der Waals surface area contributed by atoms with Crippen LogP contribution in [-0.4, -0.2) is 52.9 Å². The van der Waals surface area contributed by atoms with Crippen molar-refractivity contribution in [3.63, 3.8) is 0 Å². The average molecular weight is 414 g/mol. The number of nitrogens with zero attached hydrogens (tertiary/aromatic N) is 2. The van der Waals surface area contributed by atoms with Crippen LogP contribution in [0.4, 0.5) is 4.79 Å². The number of benzene rings is 1. The zero-order chi connectivity index (χ0) is 21.1. The molecule has 3 aliphatic rings. The van der Waals surface area contributed by atoms with Gasteiger partial charge in [-0.25, -0.2) is 4.79 Å². The largest absolute Gasteiger partial charge is 0.347 e. The molecule has 162 valence electrons. The van der Waals surface area contributed by atoms with E-state index in [1.807, 2.05) is 30.3 Å². The van der Waals surface area contributed by atoms with Gasteiger partial charge in [-0.05, 0) is 49.5 Å². The number of hydroxylamine groups is 2. The van der Waals surface area contributed by atoms with Crippen molar-refractivity contribution in [1.82, 2.24) is 15.3 Å². The minimum absolute atomic E-state index is 0.0308. The molecule has 1 aromatic carbocycles. The van der Waals surface area contributed by atoms with Gasteiger partial charge in [0.1, 0.15) is 12.6 Å². The molecule has 4 rings (SSSR count). The van der Waals surface area contributed by atoms with Crippen molar-refractivity contribution in [2.75, 3.05) is 13.1 Å². The first-order valence-electron chi connectivity index (χ1n) is 11.1. The van der Waals surface area contributed by atoms with Crippen molar-refractivity contribution in [3.05, 3.63) is 35.9 Å². The van der Waals surface area contributed by atoms with E-state index in [1.165, 1.54) is 17.9 Å². The number of urea groups is 1. The number of piperidine rings is 1. The Balaban J connectivity index is 1.23. The zero-order valence-electron chi connectivity index (χ0n) is 17.6. The number of nitrogens with one attached hydrogen (secondary N) is 1. The number of ketones is 1. The van der Waals surface area contributed by atoms with Gasteiger partial charge in [0.05, 0.1) is 12.6 Å². The van der Waals surface area contributed by atoms with E-state index in [2.05, 4.69) is 12.2 Å². The molecule has 2 aliphatic heterocycles. The monoisotopic (exact) mass is 413 g/mol. The van der Waals surface area contributed by atoms with Crippen LogP contribution in [-0.2, 0) is 21.0 Å². The molecule has 1 aliphatic carbocycles. The third-order valence-electron chi connectivity index (χ3n) is 6.60. The van der Waals surface area contributed by atoms with Crippen LogP contribution < -0.4 is 5.32 Å². The minimum Gasteiger partial charge on any atom is -0.347 e. The Morgan fingerprint density at radius 3 is 2.67 bits per heavy atom. The molecule has 0 aromatic heterocycles. The predicted octanol–water partition coefficient (Wildman–Crippen LogP) is 2.90. The highest BCUT2D eigenvalue weighted by Crippen LogP contribution is 2.36. The van der Waals surface area contributed by atoms with Crippen molar-refractivity contribution < 1.29 is 19.2 Å². The first-order valence-corrected chi connectivity index (χ1v) is 11.1. The fourth-order valence-corrected chi connectivity index (χ4v) is 4.85. The van der Waals surface area contributed by atoms with E-state index in [0.29, 0.717) is 38.3 Å². The summed E-state index contributed by atoms with van der Waals surface area (Å²) in [5.74, 6) is 1.28. The predicted molar refractivity (Wildman–Crippen MR) is 111 cm³/mol. The molecule has 2 heterocycles. The highest BCUT2D eigenvalue weighted by atomic mass is 16.7. The van der Waals surface area contributed by atoms with E-state index in [-0.39, 0.29) is 30.3 Å². The van der Waals surface area contributed by atoms with Gasteiger partial charge in [-0.15, -0.1) is 0 Å². The SMILES string of the molecule is CC1CC(CCC(=O)CNC(=O)[C@@H]2CC[C@@H]3CN2C(=O)N3OCc2ccccc2)C1. The second kappa shape index (κ2) is 9.16. The topological polar surface area (TPSA) is 79.0 Å². The Morgan fingerprint density at radius 2 is 1.93 bits per heavy atom. The van der Waals surface area contributed by atoms with E-state index < -0.39 is 6.04 Å². The van der Waals surface area contributed by atoms with Crippen molar-refractivity contribution in [3.8, 4) is 0 Å². The average Bonchev–Trinajstić information content (AvgIpc) is 2.97. The smallest absolute Gasteiger partial charge is 0.345 e. The maximum Gasteiger partial charge on any atom is 0.345 e. The molecule has 1 N–H and O–H groups in total. The highest BCUT2D eigenvalue weighted by molar-refractivity contribution is 5.91. The Bertz CT molecular complexity index is 778. The van der Waals surface area contributed by atoms with E-state index >= 15 is 0 Å². The van der Waals surface area contributed by atoms with Crippen LogP contribution in [0.25, 0.3) is 0 Å². The molecule has 3 amide bonds. The van der Waals surface area contributed by atoms with Crippen LogP contribution in [0.3, 0.4) is 0 Å². The van der Waals surface area contributed by atoms with Crippen LogP contribution in [0.2, 0.25) is 0 Å². The fourth-order valence-electron chi connectivity index (χ4n) is 4.85. The first kappa shape index (κ1) is 20.8. The number of amides is 3. The van der Waals surface area contributed by atoms with Crippen molar-refractivity contribution in [2.45, 2.75) is 64.1 Å². The lowest BCUT2D eigenvalue weighted by molar-refractivity contribution is -0.140. The maximum absolute atomic E-state index is 12.8. The third kappa shape index (κ3) is 4.67. The molecule has 1 aromatic rings. The number of Topliss-reactive ketones (excluding diaryl/α,β-unsaturated/α-hetero) is 1. The van der Waals surface area contributed by atoms with Gasteiger partial charge >= 0.3 is 6.03 Å². The summed E-state index contributed by atoms with van der Waals surface area (Å²) in [6.07, 6.45) is 5.16. The van der Waals surface area contributed by atoms with Crippen LogP contribution >= 0.6 is 0 Å². The molecule has 2 saturated heterocycles. The highest BCUT2D eigenvalue weighted by Gasteiger charge is 2.47. The van der Waals surface area contributed by atoms with Gasteiger partial charge in [0.2, 0.25) is 5.91 Å². The van der Waals surface area contributed by atoms with Crippen LogP contribution in [0.5, 0.6) is 0 Å². The third-order valence-corrected chi connectivity index (χ3v) is 6.60. The van der Waals surface area contributed by atoms with Crippen molar-refractivity contribution in [1.29, 1.82) is 0 Å². The molecule has 0 radical (unpaired) electrons. The van der Waals surface area contributed by atoms with Crippen LogP contribution in [0.1, 0.15) is 51.0 Å². The molecule has 1 saturated carbocycles. The Kier molecular flexibility index (Phi) is 6.37. The van der Waals surface area contributed by atoms with E-state index in [1.54, 1.807) is 4.90 Å². The van der Waals surface area contributed by atoms with Gasteiger partial charge in [-0.3, -0.25) is 14.4 Å². The molecule has 7 nitrogen and oxygen atoms in total. The van der Waals surface area contributed by atoms with E-state index in [9.17, 15) is 14.4 Å². The Labute approximate surface area is 177 Å². The minimum atomic E-state index is -0.528. The van der Waals surface area contributed by atoms with Crippen molar-refractivity contribution >= 4 is 17.7 Å². The van der Waals surface area contributed by atoms with Gasteiger partial charge in [0.25, 0.3) is 0 Å². The van der Waals surface area contributed by atoms with Gasteiger partial charge in [0.15, 0.2) is 5.78 Å². The summed E-state index contributed by atoms with van der Waals surface area (Å²) >= 11 is 0. The molecule has 0 spiro atoms. The second-order valence-corrected chi connectivity index (χ2v) is 9.00. The molecule has 2 bridgehead atoms. The second-order valence-electron chi connectivity index (χ2n) is 9.00. The fraction of sp³-hybridized carbons (Fsp3) is 0.609. The quantitative estimate of drug-likeness (QED) is 0.675. The summed E-state index contributed by atoms with van der Waals surface area (Å²) < 4.78 is 0. The lowest BCUT2D eigenvalue weighted by Crippen LogP contribution is -2.50. The van der Waals surface area contributed by atoms with Gasteiger partial charge in [-0.1, -0.05) is 37.3 Å². The van der Waals surface area contributed by atoms with Crippen molar-refractivity contribution in [2.24, 2.45) is 11.8 Å². The lowest BCUT2D eigenvalue weighted by atomic mass is 9.74. The molecular formula is C23H31N3O4. The number of carbonyl (C=O) groups is 3.